The van der Waals surface area contributed by atoms with Gasteiger partial charge in [0.2, 0.25) is 5.91 Å². The van der Waals surface area contributed by atoms with Crippen molar-refractivity contribution in [1.82, 2.24) is 0 Å². The molecule has 0 heterocycles. The van der Waals surface area contributed by atoms with Crippen molar-refractivity contribution in [2.45, 2.75) is 52.9 Å². The smallest absolute Gasteiger partial charge is 0.224 e. The predicted octanol–water partition coefficient (Wildman–Crippen LogP) is 5.52. The maximum absolute atomic E-state index is 12.1. The molecule has 1 aromatic rings. The minimum absolute atomic E-state index is 0.122. The Bertz CT molecular complexity index is 467. The lowest BCUT2D eigenvalue weighted by Gasteiger charge is -2.36. The van der Waals surface area contributed by atoms with Gasteiger partial charge in [0.1, 0.15) is 0 Å². The molecule has 1 N–H and O–H groups in total. The Balaban J connectivity index is 1.78. The van der Waals surface area contributed by atoms with E-state index in [1.54, 1.807) is 12.1 Å². The van der Waals surface area contributed by atoms with Crippen LogP contribution in [0.5, 0.6) is 0 Å². The van der Waals surface area contributed by atoms with Gasteiger partial charge in [0, 0.05) is 17.1 Å². The zero-order valence-corrected chi connectivity index (χ0v) is 14.0. The molecule has 21 heavy (non-hydrogen) atoms. The van der Waals surface area contributed by atoms with Gasteiger partial charge in [0.15, 0.2) is 0 Å². The number of halogens is 1. The molecule has 1 saturated carbocycles. The molecular weight excluding hydrogens is 282 g/mol. The summed E-state index contributed by atoms with van der Waals surface area (Å²) < 4.78 is 0. The van der Waals surface area contributed by atoms with Crippen LogP contribution in [0.25, 0.3) is 0 Å². The van der Waals surface area contributed by atoms with Gasteiger partial charge in [-0.15, -0.1) is 0 Å². The van der Waals surface area contributed by atoms with Crippen molar-refractivity contribution in [2.75, 3.05) is 5.32 Å². The number of benzene rings is 1. The molecule has 0 saturated heterocycles. The number of rotatable bonds is 3. The lowest BCUT2D eigenvalue weighted by molar-refractivity contribution is -0.117. The Labute approximate surface area is 133 Å². The summed E-state index contributed by atoms with van der Waals surface area (Å²) in [5, 5.41) is 3.65. The van der Waals surface area contributed by atoms with Gasteiger partial charge >= 0.3 is 0 Å². The van der Waals surface area contributed by atoms with Crippen LogP contribution in [0.4, 0.5) is 5.69 Å². The first-order valence-corrected chi connectivity index (χ1v) is 8.28. The molecule has 1 aliphatic carbocycles. The van der Waals surface area contributed by atoms with E-state index >= 15 is 0 Å². The van der Waals surface area contributed by atoms with E-state index < -0.39 is 0 Å². The highest BCUT2D eigenvalue weighted by atomic mass is 35.5. The van der Waals surface area contributed by atoms with E-state index in [-0.39, 0.29) is 5.91 Å². The Morgan fingerprint density at radius 3 is 2.24 bits per heavy atom. The zero-order chi connectivity index (χ0) is 15.5. The first-order chi connectivity index (χ1) is 9.84. The fourth-order valence-corrected chi connectivity index (χ4v) is 3.37. The van der Waals surface area contributed by atoms with Crippen LogP contribution in [0.3, 0.4) is 0 Å². The highest BCUT2D eigenvalue weighted by molar-refractivity contribution is 6.30. The second kappa shape index (κ2) is 6.83. The normalized spacial score (nSPS) is 22.9. The molecule has 0 aliphatic heterocycles. The van der Waals surface area contributed by atoms with Crippen LogP contribution < -0.4 is 5.32 Å². The first-order valence-electron chi connectivity index (χ1n) is 7.90. The molecule has 0 bridgehead atoms. The third-order valence-electron chi connectivity index (χ3n) is 4.67. The largest absolute Gasteiger partial charge is 0.326 e. The molecule has 2 rings (SSSR count). The molecule has 0 aromatic heterocycles. The van der Waals surface area contributed by atoms with Crippen molar-refractivity contribution in [3.8, 4) is 0 Å². The standard InChI is InChI=1S/C18H26ClNO/c1-18(2,3)14-6-4-13(5-7-14)12-17(21)20-16-10-8-15(19)9-11-16/h8-11,13-14H,4-7,12H2,1-3H3,(H,20,21). The van der Waals surface area contributed by atoms with Crippen molar-refractivity contribution >= 4 is 23.2 Å². The van der Waals surface area contributed by atoms with E-state index in [1.807, 2.05) is 12.1 Å². The van der Waals surface area contributed by atoms with Crippen molar-refractivity contribution in [1.29, 1.82) is 0 Å². The molecular formula is C18H26ClNO. The number of nitrogens with one attached hydrogen (secondary N) is 1. The van der Waals surface area contributed by atoms with Gasteiger partial charge in [-0.05, 0) is 67.2 Å². The average Bonchev–Trinajstić information content (AvgIpc) is 2.41. The fraction of sp³-hybridized carbons (Fsp3) is 0.611. The highest BCUT2D eigenvalue weighted by Crippen LogP contribution is 2.40. The maximum atomic E-state index is 12.1. The van der Waals surface area contributed by atoms with Gasteiger partial charge in [-0.25, -0.2) is 0 Å². The van der Waals surface area contributed by atoms with E-state index in [4.69, 9.17) is 11.6 Å². The number of anilines is 1. The summed E-state index contributed by atoms with van der Waals surface area (Å²) in [5.74, 6) is 1.46. The maximum Gasteiger partial charge on any atom is 0.224 e. The van der Waals surface area contributed by atoms with E-state index in [0.717, 1.165) is 11.6 Å². The van der Waals surface area contributed by atoms with Crippen molar-refractivity contribution in [3.63, 3.8) is 0 Å². The Hall–Kier alpha value is -1.02. The number of carbonyl (C=O) groups excluding carboxylic acids is 1. The van der Waals surface area contributed by atoms with Crippen LogP contribution in [0, 0.1) is 17.3 Å². The monoisotopic (exact) mass is 307 g/mol. The van der Waals surface area contributed by atoms with E-state index in [2.05, 4.69) is 26.1 Å². The molecule has 3 heteroatoms. The summed E-state index contributed by atoms with van der Waals surface area (Å²) in [6, 6.07) is 7.28. The highest BCUT2D eigenvalue weighted by Gasteiger charge is 2.30. The Morgan fingerprint density at radius 2 is 1.71 bits per heavy atom. The third-order valence-corrected chi connectivity index (χ3v) is 4.93. The number of amides is 1. The fourth-order valence-electron chi connectivity index (χ4n) is 3.24. The van der Waals surface area contributed by atoms with Gasteiger partial charge in [0.05, 0.1) is 0 Å². The second-order valence-electron chi connectivity index (χ2n) is 7.34. The van der Waals surface area contributed by atoms with Crippen LogP contribution in [0.1, 0.15) is 52.9 Å². The van der Waals surface area contributed by atoms with E-state index in [1.165, 1.54) is 25.7 Å². The number of hydrogen-bond donors (Lipinski definition) is 1. The van der Waals surface area contributed by atoms with Gasteiger partial charge in [-0.1, -0.05) is 32.4 Å². The molecule has 1 aliphatic rings. The second-order valence-corrected chi connectivity index (χ2v) is 7.78. The van der Waals surface area contributed by atoms with E-state index in [0.29, 0.717) is 22.8 Å². The molecule has 0 spiro atoms. The van der Waals surface area contributed by atoms with Gasteiger partial charge in [0.25, 0.3) is 0 Å². The average molecular weight is 308 g/mol. The van der Waals surface area contributed by atoms with E-state index in [9.17, 15) is 4.79 Å². The molecule has 0 radical (unpaired) electrons. The predicted molar refractivity (Wildman–Crippen MR) is 89.6 cm³/mol. The third kappa shape index (κ3) is 5.03. The summed E-state index contributed by atoms with van der Waals surface area (Å²) >= 11 is 5.84. The van der Waals surface area contributed by atoms with Gasteiger partial charge in [-0.2, -0.15) is 0 Å². The summed E-state index contributed by atoms with van der Waals surface area (Å²) in [6.07, 6.45) is 5.50. The van der Waals surface area contributed by atoms with Crippen LogP contribution in [0.2, 0.25) is 5.02 Å². The molecule has 0 unspecified atom stereocenters. The lowest BCUT2D eigenvalue weighted by Crippen LogP contribution is -2.27. The van der Waals surface area contributed by atoms with Crippen LogP contribution in [0.15, 0.2) is 24.3 Å². The zero-order valence-electron chi connectivity index (χ0n) is 13.3. The SMILES string of the molecule is CC(C)(C)C1CCC(CC(=O)Nc2ccc(Cl)cc2)CC1. The van der Waals surface area contributed by atoms with Crippen molar-refractivity contribution in [3.05, 3.63) is 29.3 Å². The summed E-state index contributed by atoms with van der Waals surface area (Å²) in [4.78, 5) is 12.1. The van der Waals surface area contributed by atoms with Crippen LogP contribution >= 0.6 is 11.6 Å². The van der Waals surface area contributed by atoms with Gasteiger partial charge < -0.3 is 5.32 Å². The molecule has 1 aromatic carbocycles. The van der Waals surface area contributed by atoms with Crippen LogP contribution in [-0.2, 0) is 4.79 Å². The minimum Gasteiger partial charge on any atom is -0.326 e. The molecule has 116 valence electrons. The van der Waals surface area contributed by atoms with Crippen molar-refractivity contribution in [2.24, 2.45) is 17.3 Å². The van der Waals surface area contributed by atoms with Crippen molar-refractivity contribution < 1.29 is 4.79 Å². The molecule has 1 fully saturated rings. The lowest BCUT2D eigenvalue weighted by atomic mass is 9.69. The number of hydrogen-bond acceptors (Lipinski definition) is 1. The first kappa shape index (κ1) is 16.4. The molecule has 2 nitrogen and oxygen atoms in total. The van der Waals surface area contributed by atoms with Gasteiger partial charge in [-0.3, -0.25) is 4.79 Å². The summed E-state index contributed by atoms with van der Waals surface area (Å²) in [7, 11) is 0. The number of carbonyl (C=O) groups is 1. The topological polar surface area (TPSA) is 29.1 Å². The van der Waals surface area contributed by atoms with Crippen LogP contribution in [-0.4, -0.2) is 5.91 Å². The molecule has 1 amide bonds. The minimum atomic E-state index is 0.122. The Morgan fingerprint density at radius 1 is 1.14 bits per heavy atom. The quantitative estimate of drug-likeness (QED) is 0.782. The molecule has 0 atom stereocenters. The summed E-state index contributed by atoms with van der Waals surface area (Å²) in [5.41, 5.74) is 1.23. The summed E-state index contributed by atoms with van der Waals surface area (Å²) in [6.45, 7) is 6.97. The Kier molecular flexibility index (Phi) is 5.32.